The highest BCUT2D eigenvalue weighted by Crippen LogP contribution is 2.44. The van der Waals surface area contributed by atoms with E-state index in [-0.39, 0.29) is 18.1 Å². The Kier molecular flexibility index (Phi) is 5.50. The van der Waals surface area contributed by atoms with Crippen molar-refractivity contribution in [1.29, 1.82) is 0 Å². The average Bonchev–Trinajstić information content (AvgIpc) is 3.06. The Bertz CT molecular complexity index is 1090. The van der Waals surface area contributed by atoms with Crippen molar-refractivity contribution in [2.45, 2.75) is 12.0 Å². The van der Waals surface area contributed by atoms with E-state index in [1.165, 1.54) is 12.3 Å². The lowest BCUT2D eigenvalue weighted by Crippen LogP contribution is -2.35. The molecular formula is C22H16BrFN2O4. The monoisotopic (exact) mass is 470 g/mol. The number of halogens is 2. The van der Waals surface area contributed by atoms with Gasteiger partial charge in [0.1, 0.15) is 6.61 Å². The molecule has 152 valence electrons. The summed E-state index contributed by atoms with van der Waals surface area (Å²) in [5, 5.41) is 11.7. The molecule has 1 aromatic heterocycles. The van der Waals surface area contributed by atoms with Gasteiger partial charge >= 0.3 is 12.1 Å². The van der Waals surface area contributed by atoms with Gasteiger partial charge in [-0.05, 0) is 44.3 Å². The van der Waals surface area contributed by atoms with Crippen molar-refractivity contribution in [1.82, 2.24) is 10.3 Å². The van der Waals surface area contributed by atoms with Gasteiger partial charge in [-0.3, -0.25) is 0 Å². The second kappa shape index (κ2) is 8.23. The standard InChI is InChI=1S/C22H16BrFN2O4/c23-12-9-17(20(24)25-10-12)19(21(27)28)26-22(29)30-11-18-15-7-3-1-5-13(15)14-6-2-4-8-16(14)18/h1-10,18-19H,11H2,(H,26,29)(H,27,28). The average molecular weight is 471 g/mol. The summed E-state index contributed by atoms with van der Waals surface area (Å²) in [5.41, 5.74) is 3.94. The molecule has 4 rings (SSSR count). The molecule has 30 heavy (non-hydrogen) atoms. The van der Waals surface area contributed by atoms with Gasteiger partial charge in [-0.1, -0.05) is 48.5 Å². The maximum Gasteiger partial charge on any atom is 0.408 e. The van der Waals surface area contributed by atoms with Crippen LogP contribution < -0.4 is 5.32 Å². The van der Waals surface area contributed by atoms with E-state index in [0.29, 0.717) is 4.47 Å². The van der Waals surface area contributed by atoms with Crippen LogP contribution in [0.3, 0.4) is 0 Å². The summed E-state index contributed by atoms with van der Waals surface area (Å²) >= 11 is 3.12. The maximum absolute atomic E-state index is 14.0. The largest absolute Gasteiger partial charge is 0.479 e. The second-order valence-electron chi connectivity index (χ2n) is 6.77. The molecular weight excluding hydrogens is 455 g/mol. The van der Waals surface area contributed by atoms with E-state index in [1.54, 1.807) is 0 Å². The second-order valence-corrected chi connectivity index (χ2v) is 7.69. The lowest BCUT2D eigenvalue weighted by Gasteiger charge is -2.18. The number of carboxylic acid groups (broad SMARTS) is 1. The lowest BCUT2D eigenvalue weighted by atomic mass is 9.98. The van der Waals surface area contributed by atoms with Crippen molar-refractivity contribution >= 4 is 28.0 Å². The van der Waals surface area contributed by atoms with Crippen LogP contribution in [0.1, 0.15) is 28.7 Å². The van der Waals surface area contributed by atoms with Crippen LogP contribution in [-0.4, -0.2) is 28.8 Å². The zero-order valence-electron chi connectivity index (χ0n) is 15.5. The van der Waals surface area contributed by atoms with Gasteiger partial charge in [0.25, 0.3) is 0 Å². The zero-order valence-corrected chi connectivity index (χ0v) is 17.1. The SMILES string of the molecule is O=C(NC(C(=O)O)c1cc(Br)cnc1F)OCC1c2ccccc2-c2ccccc21. The van der Waals surface area contributed by atoms with Crippen molar-refractivity contribution in [3.63, 3.8) is 0 Å². The fourth-order valence-electron chi connectivity index (χ4n) is 3.67. The van der Waals surface area contributed by atoms with Crippen molar-refractivity contribution in [3.8, 4) is 11.1 Å². The van der Waals surface area contributed by atoms with Crippen molar-refractivity contribution in [2.75, 3.05) is 6.61 Å². The quantitative estimate of drug-likeness (QED) is 0.529. The van der Waals surface area contributed by atoms with Crippen LogP contribution in [0.5, 0.6) is 0 Å². The zero-order chi connectivity index (χ0) is 21.3. The minimum Gasteiger partial charge on any atom is -0.479 e. The number of hydrogen-bond acceptors (Lipinski definition) is 4. The summed E-state index contributed by atoms with van der Waals surface area (Å²) in [6, 6.07) is 15.3. The Labute approximate surface area is 179 Å². The first kappa shape index (κ1) is 20.0. The molecule has 0 saturated carbocycles. The number of nitrogens with zero attached hydrogens (tertiary/aromatic N) is 1. The first-order valence-corrected chi connectivity index (χ1v) is 9.90. The van der Waals surface area contributed by atoms with Crippen LogP contribution in [-0.2, 0) is 9.53 Å². The third-order valence-corrected chi connectivity index (χ3v) is 5.43. The minimum absolute atomic E-state index is 0.0193. The number of carboxylic acids is 1. The highest BCUT2D eigenvalue weighted by Gasteiger charge is 2.31. The highest BCUT2D eigenvalue weighted by atomic mass is 79.9. The van der Waals surface area contributed by atoms with Gasteiger partial charge in [-0.2, -0.15) is 4.39 Å². The number of aromatic nitrogens is 1. The number of ether oxygens (including phenoxy) is 1. The maximum atomic E-state index is 14.0. The van der Waals surface area contributed by atoms with Gasteiger partial charge in [0.2, 0.25) is 5.95 Å². The van der Waals surface area contributed by atoms with E-state index in [1.807, 2.05) is 48.5 Å². The molecule has 0 saturated heterocycles. The predicted molar refractivity (Wildman–Crippen MR) is 110 cm³/mol. The Morgan fingerprint density at radius 2 is 1.73 bits per heavy atom. The first-order chi connectivity index (χ1) is 14.5. The van der Waals surface area contributed by atoms with Crippen molar-refractivity contribution in [2.24, 2.45) is 0 Å². The van der Waals surface area contributed by atoms with Crippen LogP contribution in [0.4, 0.5) is 9.18 Å². The summed E-state index contributed by atoms with van der Waals surface area (Å²) < 4.78 is 19.7. The topological polar surface area (TPSA) is 88.5 Å². The summed E-state index contributed by atoms with van der Waals surface area (Å²) in [5.74, 6) is -2.58. The number of amides is 1. The lowest BCUT2D eigenvalue weighted by molar-refractivity contribution is -0.139. The fourth-order valence-corrected chi connectivity index (χ4v) is 4.02. The third-order valence-electron chi connectivity index (χ3n) is 5.00. The molecule has 0 aliphatic heterocycles. The van der Waals surface area contributed by atoms with Crippen LogP contribution in [0.25, 0.3) is 11.1 Å². The van der Waals surface area contributed by atoms with Crippen LogP contribution in [0, 0.1) is 5.95 Å². The molecule has 0 radical (unpaired) electrons. The normalized spacial score (nSPS) is 13.3. The number of fused-ring (bicyclic) bond motifs is 3. The number of pyridine rings is 1. The molecule has 1 atom stereocenters. The molecule has 3 aromatic rings. The number of carbonyl (C=O) groups is 2. The molecule has 1 heterocycles. The summed E-state index contributed by atoms with van der Waals surface area (Å²) in [6.07, 6.45) is 0.244. The van der Waals surface area contributed by atoms with Gasteiger partial charge in [0, 0.05) is 22.2 Å². The van der Waals surface area contributed by atoms with E-state index in [9.17, 15) is 19.1 Å². The molecule has 0 bridgehead atoms. The minimum atomic E-state index is -1.63. The van der Waals surface area contributed by atoms with Crippen LogP contribution in [0.15, 0.2) is 65.3 Å². The van der Waals surface area contributed by atoms with Gasteiger partial charge in [-0.15, -0.1) is 0 Å². The predicted octanol–water partition coefficient (Wildman–Crippen LogP) is 4.65. The summed E-state index contributed by atoms with van der Waals surface area (Å²) in [6.45, 7) is 0.0193. The fraction of sp³-hybridized carbons (Fsp3) is 0.136. The molecule has 1 aliphatic rings. The van der Waals surface area contributed by atoms with E-state index in [0.717, 1.165) is 22.3 Å². The van der Waals surface area contributed by atoms with Gasteiger partial charge in [0.15, 0.2) is 6.04 Å². The van der Waals surface area contributed by atoms with E-state index in [4.69, 9.17) is 4.74 Å². The van der Waals surface area contributed by atoms with Crippen LogP contribution in [0.2, 0.25) is 0 Å². The molecule has 2 aromatic carbocycles. The third kappa shape index (κ3) is 3.78. The molecule has 1 amide bonds. The van der Waals surface area contributed by atoms with Gasteiger partial charge in [-0.25, -0.2) is 14.6 Å². The first-order valence-electron chi connectivity index (χ1n) is 9.11. The van der Waals surface area contributed by atoms with Crippen LogP contribution >= 0.6 is 15.9 Å². The number of nitrogens with one attached hydrogen (secondary N) is 1. The van der Waals surface area contributed by atoms with E-state index < -0.39 is 24.1 Å². The summed E-state index contributed by atoms with van der Waals surface area (Å²) in [4.78, 5) is 27.4. The number of benzene rings is 2. The molecule has 2 N–H and O–H groups in total. The number of rotatable bonds is 5. The van der Waals surface area contributed by atoms with Crippen molar-refractivity contribution in [3.05, 3.63) is 87.9 Å². The number of hydrogen-bond donors (Lipinski definition) is 2. The molecule has 6 nitrogen and oxygen atoms in total. The molecule has 1 aliphatic carbocycles. The Morgan fingerprint density at radius 1 is 1.13 bits per heavy atom. The Hall–Kier alpha value is -3.26. The smallest absolute Gasteiger partial charge is 0.408 e. The van der Waals surface area contributed by atoms with Crippen molar-refractivity contribution < 1.29 is 23.8 Å². The summed E-state index contributed by atoms with van der Waals surface area (Å²) in [7, 11) is 0. The molecule has 0 spiro atoms. The van der Waals surface area contributed by atoms with Gasteiger partial charge in [0.05, 0.1) is 0 Å². The Morgan fingerprint density at radius 3 is 2.33 bits per heavy atom. The van der Waals surface area contributed by atoms with Gasteiger partial charge < -0.3 is 15.2 Å². The number of carbonyl (C=O) groups excluding carboxylic acids is 1. The molecule has 8 heteroatoms. The highest BCUT2D eigenvalue weighted by molar-refractivity contribution is 9.10. The van der Waals surface area contributed by atoms with E-state index >= 15 is 0 Å². The van der Waals surface area contributed by atoms with E-state index in [2.05, 4.69) is 26.2 Å². The number of aliphatic carboxylic acids is 1. The molecule has 1 unspecified atom stereocenters. The Balaban J connectivity index is 1.51. The number of alkyl carbamates (subject to hydrolysis) is 1. The molecule has 0 fully saturated rings.